The van der Waals surface area contributed by atoms with Gasteiger partial charge in [0.2, 0.25) is 5.91 Å². The van der Waals surface area contributed by atoms with Gasteiger partial charge in [0.05, 0.1) is 5.69 Å². The summed E-state index contributed by atoms with van der Waals surface area (Å²) >= 11 is 1.45. The Labute approximate surface area is 106 Å². The third kappa shape index (κ3) is 4.92. The lowest BCUT2D eigenvalue weighted by Gasteiger charge is -2.04. The van der Waals surface area contributed by atoms with Gasteiger partial charge in [0.1, 0.15) is 0 Å². The minimum Gasteiger partial charge on any atom is -0.327 e. The number of nitrogens with one attached hydrogen (secondary N) is 1. The minimum absolute atomic E-state index is 0. The third-order valence-electron chi connectivity index (χ3n) is 1.87. The number of hydrogen-bond donors (Lipinski definition) is 2. The molecule has 1 unspecified atom stereocenters. The SMILES string of the molecule is CC(N)CC(=O)Nc1nc(C(C)C)cs1.Cl. The van der Waals surface area contributed by atoms with E-state index in [9.17, 15) is 4.79 Å². The van der Waals surface area contributed by atoms with E-state index in [1.807, 2.05) is 5.38 Å². The first-order chi connectivity index (χ1) is 6.99. The summed E-state index contributed by atoms with van der Waals surface area (Å²) in [4.78, 5) is 15.7. The maximum Gasteiger partial charge on any atom is 0.227 e. The molecule has 3 N–H and O–H groups in total. The van der Waals surface area contributed by atoms with Crippen LogP contribution in [-0.2, 0) is 4.79 Å². The zero-order chi connectivity index (χ0) is 11.4. The van der Waals surface area contributed by atoms with Crippen molar-refractivity contribution in [2.45, 2.75) is 39.2 Å². The van der Waals surface area contributed by atoms with Crippen LogP contribution in [0.15, 0.2) is 5.38 Å². The molecular formula is C10H18ClN3OS. The Bertz CT molecular complexity index is 339. The monoisotopic (exact) mass is 263 g/mol. The lowest BCUT2D eigenvalue weighted by atomic mass is 10.2. The molecule has 6 heteroatoms. The molecule has 16 heavy (non-hydrogen) atoms. The van der Waals surface area contributed by atoms with Gasteiger partial charge in [-0.3, -0.25) is 4.79 Å². The number of halogens is 1. The Morgan fingerprint density at radius 1 is 1.56 bits per heavy atom. The Hall–Kier alpha value is -0.650. The second kappa shape index (κ2) is 6.83. The zero-order valence-corrected chi connectivity index (χ0v) is 11.3. The maximum absolute atomic E-state index is 11.4. The first-order valence-corrected chi connectivity index (χ1v) is 5.88. The number of carbonyl (C=O) groups excluding carboxylic acids is 1. The molecule has 92 valence electrons. The van der Waals surface area contributed by atoms with E-state index < -0.39 is 0 Å². The van der Waals surface area contributed by atoms with Crippen molar-refractivity contribution in [2.24, 2.45) is 5.73 Å². The van der Waals surface area contributed by atoms with E-state index >= 15 is 0 Å². The van der Waals surface area contributed by atoms with Crippen LogP contribution in [0.25, 0.3) is 0 Å². The summed E-state index contributed by atoms with van der Waals surface area (Å²) in [6, 6.07) is -0.116. The van der Waals surface area contributed by atoms with Crippen LogP contribution in [0.4, 0.5) is 5.13 Å². The van der Waals surface area contributed by atoms with E-state index in [1.54, 1.807) is 6.92 Å². The second-order valence-electron chi connectivity index (χ2n) is 3.96. The van der Waals surface area contributed by atoms with E-state index in [0.29, 0.717) is 17.5 Å². The van der Waals surface area contributed by atoms with Crippen molar-refractivity contribution in [1.29, 1.82) is 0 Å². The van der Waals surface area contributed by atoms with Crippen molar-refractivity contribution < 1.29 is 4.79 Å². The molecule has 0 aliphatic heterocycles. The highest BCUT2D eigenvalue weighted by Crippen LogP contribution is 2.21. The second-order valence-corrected chi connectivity index (χ2v) is 4.82. The van der Waals surface area contributed by atoms with Crippen LogP contribution in [0.2, 0.25) is 0 Å². The molecule has 1 amide bonds. The van der Waals surface area contributed by atoms with Crippen molar-refractivity contribution in [2.75, 3.05) is 5.32 Å². The summed E-state index contributed by atoms with van der Waals surface area (Å²) in [6.07, 6.45) is 0.330. The fourth-order valence-electron chi connectivity index (χ4n) is 1.07. The Kier molecular flexibility index (Phi) is 6.55. The molecule has 1 atom stereocenters. The fourth-order valence-corrected chi connectivity index (χ4v) is 1.96. The fraction of sp³-hybridized carbons (Fsp3) is 0.600. The number of amides is 1. The van der Waals surface area contributed by atoms with Gasteiger partial charge in [-0.25, -0.2) is 4.98 Å². The maximum atomic E-state index is 11.4. The average molecular weight is 264 g/mol. The van der Waals surface area contributed by atoms with Gasteiger partial charge in [-0.15, -0.1) is 23.7 Å². The van der Waals surface area contributed by atoms with Crippen LogP contribution >= 0.6 is 23.7 Å². The first-order valence-electron chi connectivity index (χ1n) is 5.00. The van der Waals surface area contributed by atoms with Gasteiger partial charge in [0, 0.05) is 17.8 Å². The summed E-state index contributed by atoms with van der Waals surface area (Å²) in [5, 5.41) is 5.36. The van der Waals surface area contributed by atoms with E-state index in [2.05, 4.69) is 24.1 Å². The van der Waals surface area contributed by atoms with E-state index in [0.717, 1.165) is 5.69 Å². The molecule has 1 heterocycles. The predicted molar refractivity (Wildman–Crippen MR) is 70.3 cm³/mol. The van der Waals surface area contributed by atoms with E-state index in [1.165, 1.54) is 11.3 Å². The number of anilines is 1. The van der Waals surface area contributed by atoms with Crippen molar-refractivity contribution in [3.05, 3.63) is 11.1 Å². The number of aromatic nitrogens is 1. The molecular weight excluding hydrogens is 246 g/mol. The van der Waals surface area contributed by atoms with Crippen molar-refractivity contribution in [3.8, 4) is 0 Å². The molecule has 1 aromatic rings. The zero-order valence-electron chi connectivity index (χ0n) is 9.69. The van der Waals surface area contributed by atoms with Crippen LogP contribution in [0, 0.1) is 0 Å². The number of nitrogens with zero attached hydrogens (tertiary/aromatic N) is 1. The van der Waals surface area contributed by atoms with Gasteiger partial charge in [-0.1, -0.05) is 13.8 Å². The number of rotatable bonds is 4. The minimum atomic E-state index is -0.116. The summed E-state index contributed by atoms with van der Waals surface area (Å²) in [5.74, 6) is 0.315. The van der Waals surface area contributed by atoms with Gasteiger partial charge in [-0.2, -0.15) is 0 Å². The van der Waals surface area contributed by atoms with Crippen molar-refractivity contribution in [3.63, 3.8) is 0 Å². The van der Waals surface area contributed by atoms with Gasteiger partial charge in [0.25, 0.3) is 0 Å². The van der Waals surface area contributed by atoms with Crippen LogP contribution in [0.5, 0.6) is 0 Å². The Morgan fingerprint density at radius 3 is 2.62 bits per heavy atom. The standard InChI is InChI=1S/C10H17N3OS.ClH/c1-6(2)8-5-15-10(12-8)13-9(14)4-7(3)11;/h5-7H,4,11H2,1-3H3,(H,12,13,14);1H. The molecule has 0 aliphatic rings. The lowest BCUT2D eigenvalue weighted by Crippen LogP contribution is -2.23. The highest BCUT2D eigenvalue weighted by molar-refractivity contribution is 7.13. The number of nitrogens with two attached hydrogens (primary N) is 1. The van der Waals surface area contributed by atoms with Crippen LogP contribution < -0.4 is 11.1 Å². The van der Waals surface area contributed by atoms with Crippen molar-refractivity contribution in [1.82, 2.24) is 4.98 Å². The molecule has 0 bridgehead atoms. The molecule has 4 nitrogen and oxygen atoms in total. The molecule has 0 aliphatic carbocycles. The van der Waals surface area contributed by atoms with E-state index in [4.69, 9.17) is 5.73 Å². The van der Waals surface area contributed by atoms with Crippen LogP contribution in [0.1, 0.15) is 38.8 Å². The van der Waals surface area contributed by atoms with Gasteiger partial charge in [-0.05, 0) is 12.8 Å². The molecule has 0 saturated heterocycles. The molecule has 1 aromatic heterocycles. The quantitative estimate of drug-likeness (QED) is 0.876. The van der Waals surface area contributed by atoms with Crippen molar-refractivity contribution >= 4 is 34.8 Å². The highest BCUT2D eigenvalue weighted by Gasteiger charge is 2.09. The van der Waals surface area contributed by atoms with Crippen LogP contribution in [0.3, 0.4) is 0 Å². The summed E-state index contributed by atoms with van der Waals surface area (Å²) in [6.45, 7) is 5.95. The third-order valence-corrected chi connectivity index (χ3v) is 2.64. The van der Waals surface area contributed by atoms with Gasteiger partial charge < -0.3 is 11.1 Å². The van der Waals surface area contributed by atoms with Crippen LogP contribution in [-0.4, -0.2) is 16.9 Å². The Balaban J connectivity index is 0.00000225. The predicted octanol–water partition coefficient (Wildman–Crippen LogP) is 2.36. The topological polar surface area (TPSA) is 68.0 Å². The highest BCUT2D eigenvalue weighted by atomic mass is 35.5. The smallest absolute Gasteiger partial charge is 0.227 e. The largest absolute Gasteiger partial charge is 0.327 e. The number of thiazole rings is 1. The Morgan fingerprint density at radius 2 is 2.19 bits per heavy atom. The molecule has 0 aromatic carbocycles. The summed E-state index contributed by atoms with van der Waals surface area (Å²) in [7, 11) is 0. The molecule has 1 rings (SSSR count). The summed E-state index contributed by atoms with van der Waals surface area (Å²) < 4.78 is 0. The first kappa shape index (κ1) is 15.3. The van der Waals surface area contributed by atoms with Gasteiger partial charge in [0.15, 0.2) is 5.13 Å². The van der Waals surface area contributed by atoms with E-state index in [-0.39, 0.29) is 24.4 Å². The lowest BCUT2D eigenvalue weighted by molar-refractivity contribution is -0.116. The summed E-state index contributed by atoms with van der Waals surface area (Å²) in [5.41, 5.74) is 6.53. The number of hydrogen-bond acceptors (Lipinski definition) is 4. The average Bonchev–Trinajstić information content (AvgIpc) is 2.50. The molecule has 0 radical (unpaired) electrons. The number of carbonyl (C=O) groups is 1. The molecule has 0 saturated carbocycles. The molecule has 0 fully saturated rings. The molecule has 0 spiro atoms. The van der Waals surface area contributed by atoms with Gasteiger partial charge >= 0.3 is 0 Å². The normalized spacial score (nSPS) is 12.1.